The molecule has 1 unspecified atom stereocenters. The molecule has 0 spiro atoms. The zero-order valence-corrected chi connectivity index (χ0v) is 33.1. The van der Waals surface area contributed by atoms with Crippen LogP contribution >= 0.6 is 35.0 Å². The summed E-state index contributed by atoms with van der Waals surface area (Å²) in [7, 11) is -0.981. The second-order valence-corrected chi connectivity index (χ2v) is 17.6. The molecule has 9 nitrogen and oxygen atoms in total. The number of ether oxygens (including phenoxy) is 4. The molecule has 49 heavy (non-hydrogen) atoms. The Bertz CT molecular complexity index is 1370. The molecule has 2 fully saturated rings. The van der Waals surface area contributed by atoms with Gasteiger partial charge in [-0.25, -0.2) is 9.59 Å². The normalized spacial score (nSPS) is 22.1. The molecule has 0 saturated carbocycles. The van der Waals surface area contributed by atoms with Crippen molar-refractivity contribution in [1.29, 1.82) is 0 Å². The van der Waals surface area contributed by atoms with E-state index in [-0.39, 0.29) is 36.5 Å². The lowest BCUT2D eigenvalue weighted by atomic mass is 10.0. The zero-order chi connectivity index (χ0) is 36.4. The molecule has 274 valence electrons. The molecule has 2 heterocycles. The van der Waals surface area contributed by atoms with E-state index in [4.69, 9.17) is 42.1 Å². The number of nitrogens with zero attached hydrogens (tertiary/aromatic N) is 2. The van der Waals surface area contributed by atoms with Gasteiger partial charge in [0.15, 0.2) is 0 Å². The van der Waals surface area contributed by atoms with Gasteiger partial charge < -0.3 is 18.9 Å². The van der Waals surface area contributed by atoms with E-state index in [1.54, 1.807) is 22.9 Å². The average Bonchev–Trinajstić information content (AvgIpc) is 2.99. The first kappa shape index (κ1) is 41.4. The number of carbonyl (C=O) groups excluding carboxylic acids is 2. The molecular formula is C36H52Cl2N2O7S2. The summed E-state index contributed by atoms with van der Waals surface area (Å²) in [6, 6.07) is 15.1. The minimum atomic E-state index is -0.981. The summed E-state index contributed by atoms with van der Waals surface area (Å²) in [6.07, 6.45) is 4.24. The van der Waals surface area contributed by atoms with Crippen LogP contribution in [0.2, 0.25) is 10.0 Å². The smallest absolute Gasteiger partial charge is 0.410 e. The van der Waals surface area contributed by atoms with Crippen molar-refractivity contribution < 1.29 is 32.7 Å². The highest BCUT2D eigenvalue weighted by Gasteiger charge is 2.36. The first-order valence-electron chi connectivity index (χ1n) is 16.4. The number of halogens is 2. The molecule has 2 aromatic rings. The third kappa shape index (κ3) is 15.0. The highest BCUT2D eigenvalue weighted by atomic mass is 35.5. The van der Waals surface area contributed by atoms with E-state index in [1.165, 1.54) is 0 Å². The summed E-state index contributed by atoms with van der Waals surface area (Å²) >= 11 is 13.6. The van der Waals surface area contributed by atoms with Gasteiger partial charge in [0.25, 0.3) is 0 Å². The van der Waals surface area contributed by atoms with Gasteiger partial charge in [0.05, 0.1) is 56.3 Å². The largest absolute Gasteiger partial charge is 0.444 e. The molecule has 2 amide bonds. The van der Waals surface area contributed by atoms with Crippen LogP contribution in [0.3, 0.4) is 0 Å². The lowest BCUT2D eigenvalue weighted by Crippen LogP contribution is -2.55. The van der Waals surface area contributed by atoms with Gasteiger partial charge in [-0.2, -0.15) is 11.8 Å². The van der Waals surface area contributed by atoms with Crippen LogP contribution in [0.15, 0.2) is 48.5 Å². The van der Waals surface area contributed by atoms with Gasteiger partial charge in [0, 0.05) is 32.9 Å². The van der Waals surface area contributed by atoms with Crippen LogP contribution in [0.5, 0.6) is 0 Å². The maximum atomic E-state index is 12.7. The molecule has 0 radical (unpaired) electrons. The standard InChI is InChI=1S/C18H26ClNO4S.C18H26ClNO3S/c1-18(2,3)24-17(21)20-10-16(12-25(4)22)23-11-15(20)9-13-5-7-14(19)8-6-13;1-18(2,3)23-17(21)20-10-16(12-24-4)22-11-15(20)9-13-5-7-14(19)8-6-13/h5-8,15-16H,9-12H2,1-4H3;5-8,15-16H,9-12H2,1-4H3/t15-,16+,25?;15-,16+/m00/s1. The number of morpholine rings is 2. The lowest BCUT2D eigenvalue weighted by molar-refractivity contribution is -0.0616. The summed E-state index contributed by atoms with van der Waals surface area (Å²) in [6.45, 7) is 13.1. The minimum Gasteiger partial charge on any atom is -0.444 e. The number of carbonyl (C=O) groups is 2. The Labute approximate surface area is 309 Å². The second-order valence-electron chi connectivity index (χ2n) is 14.3. The summed E-state index contributed by atoms with van der Waals surface area (Å²) in [5.41, 5.74) is 1.13. The fraction of sp³-hybridized carbons (Fsp3) is 0.611. The van der Waals surface area contributed by atoms with Gasteiger partial charge in [-0.15, -0.1) is 0 Å². The van der Waals surface area contributed by atoms with Crippen molar-refractivity contribution in [1.82, 2.24) is 9.80 Å². The fourth-order valence-electron chi connectivity index (χ4n) is 5.38. The third-order valence-corrected chi connectivity index (χ3v) is 9.58. The predicted molar refractivity (Wildman–Crippen MR) is 201 cm³/mol. The van der Waals surface area contributed by atoms with E-state index in [9.17, 15) is 13.8 Å². The first-order valence-corrected chi connectivity index (χ1v) is 20.3. The Balaban J connectivity index is 0.000000266. The lowest BCUT2D eigenvalue weighted by Gasteiger charge is -2.40. The van der Waals surface area contributed by atoms with Crippen LogP contribution in [0.1, 0.15) is 52.7 Å². The molecule has 13 heteroatoms. The van der Waals surface area contributed by atoms with Crippen molar-refractivity contribution in [2.24, 2.45) is 0 Å². The monoisotopic (exact) mass is 758 g/mol. The number of benzene rings is 2. The number of hydrogen-bond acceptors (Lipinski definition) is 8. The minimum absolute atomic E-state index is 0.0286. The van der Waals surface area contributed by atoms with Crippen LogP contribution in [0.4, 0.5) is 9.59 Å². The van der Waals surface area contributed by atoms with Crippen molar-refractivity contribution in [3.8, 4) is 0 Å². The molecule has 0 aromatic heterocycles. The maximum absolute atomic E-state index is 12.7. The Morgan fingerprint density at radius 2 is 1.16 bits per heavy atom. The molecule has 0 N–H and O–H groups in total. The highest BCUT2D eigenvalue weighted by Crippen LogP contribution is 2.23. The third-order valence-electron chi connectivity index (χ3n) is 7.53. The fourth-order valence-corrected chi connectivity index (χ4v) is 6.93. The van der Waals surface area contributed by atoms with E-state index in [1.807, 2.05) is 101 Å². The predicted octanol–water partition coefficient (Wildman–Crippen LogP) is 7.52. The van der Waals surface area contributed by atoms with Crippen molar-refractivity contribution in [2.75, 3.05) is 50.3 Å². The molecule has 2 aliphatic heterocycles. The van der Waals surface area contributed by atoms with Crippen molar-refractivity contribution in [3.63, 3.8) is 0 Å². The van der Waals surface area contributed by atoms with Crippen molar-refractivity contribution in [3.05, 3.63) is 69.7 Å². The Kier molecular flexibility index (Phi) is 16.1. The van der Waals surface area contributed by atoms with Crippen molar-refractivity contribution in [2.45, 2.75) is 89.9 Å². The zero-order valence-electron chi connectivity index (χ0n) is 29.9. The van der Waals surface area contributed by atoms with Crippen LogP contribution < -0.4 is 0 Å². The summed E-state index contributed by atoms with van der Waals surface area (Å²) in [4.78, 5) is 28.8. The molecule has 2 aliphatic rings. The highest BCUT2D eigenvalue weighted by molar-refractivity contribution is 7.98. The van der Waals surface area contributed by atoms with Crippen LogP contribution in [-0.2, 0) is 42.6 Å². The van der Waals surface area contributed by atoms with Gasteiger partial charge in [0.1, 0.15) is 11.2 Å². The van der Waals surface area contributed by atoms with Gasteiger partial charge in [0.2, 0.25) is 0 Å². The maximum Gasteiger partial charge on any atom is 0.410 e. The molecule has 2 saturated heterocycles. The Morgan fingerprint density at radius 1 is 0.776 bits per heavy atom. The van der Waals surface area contributed by atoms with E-state index in [0.717, 1.165) is 23.3 Å². The average molecular weight is 760 g/mol. The van der Waals surface area contributed by atoms with Crippen LogP contribution in [0.25, 0.3) is 0 Å². The number of rotatable bonds is 8. The second kappa shape index (κ2) is 19.0. The van der Waals surface area contributed by atoms with Gasteiger partial charge in [-0.1, -0.05) is 47.5 Å². The summed E-state index contributed by atoms with van der Waals surface area (Å²) in [5.74, 6) is 1.28. The molecule has 2 aromatic carbocycles. The van der Waals surface area contributed by atoms with E-state index in [2.05, 4.69) is 0 Å². The number of amides is 2. The molecule has 0 aliphatic carbocycles. The van der Waals surface area contributed by atoms with E-state index in [0.29, 0.717) is 48.5 Å². The number of thioether (sulfide) groups is 1. The molecule has 0 bridgehead atoms. The molecule has 5 atom stereocenters. The van der Waals surface area contributed by atoms with Gasteiger partial charge in [-0.05, 0) is 96.0 Å². The Morgan fingerprint density at radius 3 is 1.53 bits per heavy atom. The molecular weight excluding hydrogens is 707 g/mol. The quantitative estimate of drug-likeness (QED) is 0.273. The van der Waals surface area contributed by atoms with E-state index >= 15 is 0 Å². The summed E-state index contributed by atoms with van der Waals surface area (Å²) < 4.78 is 34.4. The summed E-state index contributed by atoms with van der Waals surface area (Å²) in [5, 5.41) is 1.39. The molecule has 4 rings (SSSR count). The first-order chi connectivity index (χ1) is 22.9. The van der Waals surface area contributed by atoms with Crippen molar-refractivity contribution >= 4 is 57.9 Å². The van der Waals surface area contributed by atoms with Crippen LogP contribution in [-0.4, -0.2) is 112 Å². The van der Waals surface area contributed by atoms with Gasteiger partial charge in [-0.3, -0.25) is 14.0 Å². The Hall–Kier alpha value is -2.02. The van der Waals surface area contributed by atoms with E-state index < -0.39 is 22.0 Å². The SMILES string of the molecule is CS(=O)C[C@H]1CN(C(=O)OC(C)(C)C)[C@@H](Cc2ccc(Cl)cc2)CO1.CSC[C@H]1CN(C(=O)OC(C)(C)C)[C@@H](Cc2ccc(Cl)cc2)CO1. The topological polar surface area (TPSA) is 94.6 Å². The number of hydrogen-bond donors (Lipinski definition) is 0. The van der Waals surface area contributed by atoms with Gasteiger partial charge >= 0.3 is 12.2 Å². The van der Waals surface area contributed by atoms with Crippen LogP contribution in [0, 0.1) is 0 Å².